The van der Waals surface area contributed by atoms with E-state index in [2.05, 4.69) is 30.9 Å². The van der Waals surface area contributed by atoms with Gasteiger partial charge in [0, 0.05) is 27.6 Å². The second-order valence-corrected chi connectivity index (χ2v) is 8.90. The molecule has 5 aromatic rings. The first-order valence-electron chi connectivity index (χ1n) is 12.1. The summed E-state index contributed by atoms with van der Waals surface area (Å²) >= 11 is 6.15. The second kappa shape index (κ2) is 12.1. The maximum Gasteiger partial charge on any atom is 0.233 e. The molecule has 0 aliphatic carbocycles. The molecule has 1 aromatic heterocycles. The number of halogens is 3. The van der Waals surface area contributed by atoms with Gasteiger partial charge in [-0.3, -0.25) is 4.79 Å². The standard InChI is InChI=1S/C30H21ClF2N6O/c31-26-4-2-1-3-19(26)7-18-27(40)20-5-12-23(13-6-20)34-28-37-29(35-24-14-8-21(32)9-15-24)39-30(38-28)36-25-16-10-22(33)11-17-25/h1-18H,(H3,34,35,36,37,38,39)/b18-7+. The molecule has 7 nitrogen and oxygen atoms in total. The van der Waals surface area contributed by atoms with Crippen LogP contribution in [0.1, 0.15) is 15.9 Å². The number of aromatic nitrogens is 3. The highest BCUT2D eigenvalue weighted by molar-refractivity contribution is 6.32. The van der Waals surface area contributed by atoms with Crippen LogP contribution in [-0.4, -0.2) is 20.7 Å². The van der Waals surface area contributed by atoms with Crippen LogP contribution in [0.2, 0.25) is 5.02 Å². The SMILES string of the molecule is O=C(/C=C/c1ccccc1Cl)c1ccc(Nc2nc(Nc3ccc(F)cc3)nc(Nc3ccc(F)cc3)n2)cc1. The lowest BCUT2D eigenvalue weighted by atomic mass is 10.1. The predicted octanol–water partition coefficient (Wildman–Crippen LogP) is 7.93. The number of benzene rings is 4. The van der Waals surface area contributed by atoms with Crippen LogP contribution in [-0.2, 0) is 0 Å². The highest BCUT2D eigenvalue weighted by atomic mass is 35.5. The van der Waals surface area contributed by atoms with Crippen molar-refractivity contribution < 1.29 is 13.6 Å². The third-order valence-corrected chi connectivity index (χ3v) is 5.93. The Hall–Kier alpha value is -5.15. The number of anilines is 6. The zero-order chi connectivity index (χ0) is 27.9. The van der Waals surface area contributed by atoms with Crippen LogP contribution in [0.4, 0.5) is 43.7 Å². The van der Waals surface area contributed by atoms with Gasteiger partial charge in [0.1, 0.15) is 11.6 Å². The van der Waals surface area contributed by atoms with Gasteiger partial charge < -0.3 is 16.0 Å². The minimum Gasteiger partial charge on any atom is -0.324 e. The van der Waals surface area contributed by atoms with Crippen molar-refractivity contribution in [2.75, 3.05) is 16.0 Å². The van der Waals surface area contributed by atoms with E-state index in [0.717, 1.165) is 5.56 Å². The molecule has 0 spiro atoms. The van der Waals surface area contributed by atoms with Crippen LogP contribution < -0.4 is 16.0 Å². The van der Waals surface area contributed by atoms with Crippen LogP contribution in [0.15, 0.2) is 103 Å². The van der Waals surface area contributed by atoms with Crippen molar-refractivity contribution in [1.29, 1.82) is 0 Å². The Morgan fingerprint density at radius 3 is 1.50 bits per heavy atom. The lowest BCUT2D eigenvalue weighted by molar-refractivity contribution is 0.104. The molecule has 0 unspecified atom stereocenters. The van der Waals surface area contributed by atoms with Gasteiger partial charge in [-0.05, 0) is 96.6 Å². The summed E-state index contributed by atoms with van der Waals surface area (Å²) < 4.78 is 26.7. The lowest BCUT2D eigenvalue weighted by Gasteiger charge is -2.12. The first-order chi connectivity index (χ1) is 19.4. The molecule has 0 amide bonds. The summed E-state index contributed by atoms with van der Waals surface area (Å²) in [5.41, 5.74) is 3.00. The van der Waals surface area contributed by atoms with Crippen LogP contribution in [0.25, 0.3) is 6.08 Å². The maximum absolute atomic E-state index is 13.3. The van der Waals surface area contributed by atoms with Gasteiger partial charge in [0.15, 0.2) is 5.78 Å². The number of hydrogen-bond acceptors (Lipinski definition) is 7. The molecule has 1 heterocycles. The predicted molar refractivity (Wildman–Crippen MR) is 154 cm³/mol. The lowest BCUT2D eigenvalue weighted by Crippen LogP contribution is -2.07. The van der Waals surface area contributed by atoms with Crippen LogP contribution in [0.3, 0.4) is 0 Å². The Bertz CT molecular complexity index is 1590. The van der Waals surface area contributed by atoms with Crippen molar-refractivity contribution in [2.24, 2.45) is 0 Å². The van der Waals surface area contributed by atoms with E-state index in [0.29, 0.717) is 27.6 Å². The molecule has 0 saturated heterocycles. The van der Waals surface area contributed by atoms with Gasteiger partial charge in [-0.25, -0.2) is 8.78 Å². The van der Waals surface area contributed by atoms with Gasteiger partial charge in [0.2, 0.25) is 17.8 Å². The quantitative estimate of drug-likeness (QED) is 0.126. The fourth-order valence-corrected chi connectivity index (χ4v) is 3.79. The highest BCUT2D eigenvalue weighted by Crippen LogP contribution is 2.22. The van der Waals surface area contributed by atoms with Crippen molar-refractivity contribution in [3.63, 3.8) is 0 Å². The van der Waals surface area contributed by atoms with E-state index in [4.69, 9.17) is 11.6 Å². The average molecular weight is 555 g/mol. The molecule has 3 N–H and O–H groups in total. The van der Waals surface area contributed by atoms with Crippen molar-refractivity contribution in [2.45, 2.75) is 0 Å². The number of allylic oxidation sites excluding steroid dienone is 1. The molecule has 0 bridgehead atoms. The molecular formula is C30H21ClF2N6O. The Labute approximate surface area is 233 Å². The summed E-state index contributed by atoms with van der Waals surface area (Å²) in [7, 11) is 0. The zero-order valence-electron chi connectivity index (χ0n) is 20.8. The van der Waals surface area contributed by atoms with Gasteiger partial charge in [-0.2, -0.15) is 15.0 Å². The largest absolute Gasteiger partial charge is 0.324 e. The molecule has 4 aromatic carbocycles. The molecule has 0 atom stereocenters. The summed E-state index contributed by atoms with van der Waals surface area (Å²) in [6.45, 7) is 0. The van der Waals surface area contributed by atoms with E-state index >= 15 is 0 Å². The Morgan fingerprint density at radius 1 is 0.625 bits per heavy atom. The van der Waals surface area contributed by atoms with Crippen LogP contribution >= 0.6 is 11.6 Å². The van der Waals surface area contributed by atoms with E-state index in [-0.39, 0.29) is 35.3 Å². The fraction of sp³-hybridized carbons (Fsp3) is 0. The summed E-state index contributed by atoms with van der Waals surface area (Å²) in [5.74, 6) is -0.354. The minimum absolute atomic E-state index is 0.178. The van der Waals surface area contributed by atoms with Gasteiger partial charge in [0.05, 0.1) is 0 Å². The smallest absolute Gasteiger partial charge is 0.233 e. The van der Waals surface area contributed by atoms with Gasteiger partial charge in [0.25, 0.3) is 0 Å². The van der Waals surface area contributed by atoms with Crippen LogP contribution in [0, 0.1) is 11.6 Å². The van der Waals surface area contributed by atoms with E-state index < -0.39 is 0 Å². The van der Waals surface area contributed by atoms with E-state index in [1.165, 1.54) is 30.3 Å². The average Bonchev–Trinajstić information content (AvgIpc) is 2.95. The monoisotopic (exact) mass is 554 g/mol. The summed E-state index contributed by atoms with van der Waals surface area (Å²) in [5, 5.41) is 9.69. The molecule has 0 fully saturated rings. The number of carbonyl (C=O) groups excluding carboxylic acids is 1. The first-order valence-corrected chi connectivity index (χ1v) is 12.4. The highest BCUT2D eigenvalue weighted by Gasteiger charge is 2.10. The molecular weight excluding hydrogens is 534 g/mol. The maximum atomic E-state index is 13.3. The molecule has 0 saturated carbocycles. The minimum atomic E-state index is -0.372. The molecule has 10 heteroatoms. The Morgan fingerprint density at radius 2 is 1.05 bits per heavy atom. The molecule has 0 radical (unpaired) electrons. The van der Waals surface area contributed by atoms with Crippen molar-refractivity contribution in [3.8, 4) is 0 Å². The molecule has 198 valence electrons. The van der Waals surface area contributed by atoms with E-state index in [9.17, 15) is 13.6 Å². The molecule has 0 aliphatic heterocycles. The van der Waals surface area contributed by atoms with E-state index in [1.807, 2.05) is 18.2 Å². The number of carbonyl (C=O) groups is 1. The number of nitrogens with one attached hydrogen (secondary N) is 3. The third-order valence-electron chi connectivity index (χ3n) is 5.58. The van der Waals surface area contributed by atoms with Gasteiger partial charge in [-0.15, -0.1) is 0 Å². The number of nitrogens with zero attached hydrogens (tertiary/aromatic N) is 3. The van der Waals surface area contributed by atoms with Crippen LogP contribution in [0.5, 0.6) is 0 Å². The molecule has 40 heavy (non-hydrogen) atoms. The van der Waals surface area contributed by atoms with Gasteiger partial charge >= 0.3 is 0 Å². The third kappa shape index (κ3) is 7.03. The van der Waals surface area contributed by atoms with Gasteiger partial charge in [-0.1, -0.05) is 29.8 Å². The number of hydrogen-bond donors (Lipinski definition) is 3. The normalized spacial score (nSPS) is 10.9. The zero-order valence-corrected chi connectivity index (χ0v) is 21.5. The topological polar surface area (TPSA) is 91.8 Å². The van der Waals surface area contributed by atoms with Crippen molar-refractivity contribution in [1.82, 2.24) is 15.0 Å². The van der Waals surface area contributed by atoms with E-state index in [1.54, 1.807) is 60.7 Å². The summed E-state index contributed by atoms with van der Waals surface area (Å²) in [6, 6.07) is 25.5. The number of rotatable bonds is 9. The summed E-state index contributed by atoms with van der Waals surface area (Å²) in [6.07, 6.45) is 3.14. The fourth-order valence-electron chi connectivity index (χ4n) is 3.59. The van der Waals surface area contributed by atoms with Crippen molar-refractivity contribution >= 4 is 58.4 Å². The number of ketones is 1. The first kappa shape index (κ1) is 26.5. The molecule has 5 rings (SSSR count). The Kier molecular flexibility index (Phi) is 8.03. The van der Waals surface area contributed by atoms with Crippen molar-refractivity contribution in [3.05, 3.63) is 131 Å². The second-order valence-electron chi connectivity index (χ2n) is 8.49. The molecule has 0 aliphatic rings. The Balaban J connectivity index is 1.35. The summed E-state index contributed by atoms with van der Waals surface area (Å²) in [4.78, 5) is 25.8.